The van der Waals surface area contributed by atoms with Crippen LogP contribution in [0.5, 0.6) is 0 Å². The van der Waals surface area contributed by atoms with Crippen molar-refractivity contribution in [3.05, 3.63) is 35.9 Å². The predicted molar refractivity (Wildman–Crippen MR) is 60.5 cm³/mol. The fraction of sp³-hybridized carbons (Fsp3) is 0.500. The molecule has 0 aromatic heterocycles. The maximum absolute atomic E-state index is 8.87. The molecule has 0 saturated carbocycles. The summed E-state index contributed by atoms with van der Waals surface area (Å²) < 4.78 is 0. The van der Waals surface area contributed by atoms with E-state index in [0.717, 1.165) is 31.5 Å². The van der Waals surface area contributed by atoms with Crippen LogP contribution in [0.4, 0.5) is 0 Å². The third-order valence-corrected chi connectivity index (χ3v) is 2.33. The molecule has 0 aliphatic carbocycles. The number of piperidine rings is 1. The van der Waals surface area contributed by atoms with Crippen LogP contribution in [0.1, 0.15) is 18.4 Å². The number of hydrogen-bond acceptors (Lipinski definition) is 3. The van der Waals surface area contributed by atoms with E-state index in [0.29, 0.717) is 0 Å². The molecule has 0 spiro atoms. The zero-order chi connectivity index (χ0) is 10.9. The molecule has 3 N–H and O–H groups in total. The van der Waals surface area contributed by atoms with Crippen LogP contribution in [0.2, 0.25) is 0 Å². The second-order valence-electron chi connectivity index (χ2n) is 3.62. The van der Waals surface area contributed by atoms with Gasteiger partial charge in [-0.2, -0.15) is 0 Å². The van der Waals surface area contributed by atoms with Gasteiger partial charge in [-0.3, -0.25) is 0 Å². The molecule has 1 aromatic carbocycles. The second-order valence-corrected chi connectivity index (χ2v) is 3.62. The highest BCUT2D eigenvalue weighted by Gasteiger charge is 2.06. The number of benzene rings is 1. The van der Waals surface area contributed by atoms with Gasteiger partial charge in [-0.05, 0) is 31.5 Å². The second kappa shape index (κ2) is 7.40. The summed E-state index contributed by atoms with van der Waals surface area (Å²) in [7, 11) is 0. The lowest BCUT2D eigenvalue weighted by molar-refractivity contribution is 0.137. The standard InChI is InChI=1S/C7H8O.C5H11NO/c8-6-7-4-2-1-3-5-7;7-5-1-3-6-4-2-5/h1-5,8H,6H2;5-7H,1-4H2. The molecule has 3 heteroatoms. The minimum atomic E-state index is -0.0266. The molecule has 15 heavy (non-hydrogen) atoms. The predicted octanol–water partition coefficient (Wildman–Crippen LogP) is 0.910. The minimum absolute atomic E-state index is 0.0266. The zero-order valence-corrected chi connectivity index (χ0v) is 8.89. The van der Waals surface area contributed by atoms with Crippen LogP contribution in [0.15, 0.2) is 30.3 Å². The molecule has 1 aliphatic rings. The number of aliphatic hydroxyl groups is 2. The Morgan fingerprint density at radius 1 is 1.13 bits per heavy atom. The van der Waals surface area contributed by atoms with E-state index in [1.165, 1.54) is 0 Å². The molecule has 1 heterocycles. The summed E-state index contributed by atoms with van der Waals surface area (Å²) in [5.41, 5.74) is 0.965. The van der Waals surface area contributed by atoms with E-state index in [4.69, 9.17) is 10.2 Å². The quantitative estimate of drug-likeness (QED) is 0.644. The van der Waals surface area contributed by atoms with Crippen LogP contribution in [0.25, 0.3) is 0 Å². The van der Waals surface area contributed by atoms with E-state index in [2.05, 4.69) is 5.32 Å². The summed E-state index contributed by atoms with van der Waals surface area (Å²) in [5.74, 6) is 0. The van der Waals surface area contributed by atoms with E-state index in [1.54, 1.807) is 0 Å². The van der Waals surface area contributed by atoms with E-state index in [1.807, 2.05) is 30.3 Å². The number of aliphatic hydroxyl groups excluding tert-OH is 2. The van der Waals surface area contributed by atoms with Gasteiger partial charge in [0.25, 0.3) is 0 Å². The van der Waals surface area contributed by atoms with E-state index < -0.39 is 0 Å². The van der Waals surface area contributed by atoms with Crippen LogP contribution < -0.4 is 5.32 Å². The number of rotatable bonds is 1. The van der Waals surface area contributed by atoms with Crippen molar-refractivity contribution >= 4 is 0 Å². The Labute approximate surface area is 90.8 Å². The highest BCUT2D eigenvalue weighted by Crippen LogP contribution is 1.99. The van der Waals surface area contributed by atoms with Crippen LogP contribution in [-0.4, -0.2) is 29.4 Å². The smallest absolute Gasteiger partial charge is 0.0681 e. The Morgan fingerprint density at radius 3 is 2.07 bits per heavy atom. The lowest BCUT2D eigenvalue weighted by atomic mass is 10.1. The molecule has 0 radical (unpaired) electrons. The van der Waals surface area contributed by atoms with Gasteiger partial charge in [-0.1, -0.05) is 30.3 Å². The number of nitrogens with one attached hydrogen (secondary N) is 1. The fourth-order valence-corrected chi connectivity index (χ4v) is 1.39. The van der Waals surface area contributed by atoms with Crippen molar-refractivity contribution in [3.63, 3.8) is 0 Å². The van der Waals surface area contributed by atoms with Gasteiger partial charge in [-0.15, -0.1) is 0 Å². The van der Waals surface area contributed by atoms with E-state index in [-0.39, 0.29) is 12.7 Å². The van der Waals surface area contributed by atoms with Crippen LogP contribution in [0.3, 0.4) is 0 Å². The van der Waals surface area contributed by atoms with Crippen molar-refractivity contribution < 1.29 is 10.2 Å². The summed E-state index contributed by atoms with van der Waals surface area (Å²) in [6, 6.07) is 9.52. The van der Waals surface area contributed by atoms with Crippen LogP contribution in [-0.2, 0) is 6.61 Å². The van der Waals surface area contributed by atoms with Crippen molar-refractivity contribution in [1.29, 1.82) is 0 Å². The summed E-state index contributed by atoms with van der Waals surface area (Å²) >= 11 is 0. The lowest BCUT2D eigenvalue weighted by Gasteiger charge is -2.16. The maximum atomic E-state index is 8.87. The van der Waals surface area contributed by atoms with Crippen molar-refractivity contribution in [1.82, 2.24) is 5.32 Å². The third-order valence-electron chi connectivity index (χ3n) is 2.33. The fourth-order valence-electron chi connectivity index (χ4n) is 1.39. The van der Waals surface area contributed by atoms with Gasteiger partial charge in [0.05, 0.1) is 12.7 Å². The molecule has 1 aromatic rings. The Morgan fingerprint density at radius 2 is 1.73 bits per heavy atom. The maximum Gasteiger partial charge on any atom is 0.0681 e. The van der Waals surface area contributed by atoms with Crippen molar-refractivity contribution in [3.8, 4) is 0 Å². The molecule has 1 saturated heterocycles. The van der Waals surface area contributed by atoms with Gasteiger partial charge >= 0.3 is 0 Å². The molecule has 1 aliphatic heterocycles. The van der Waals surface area contributed by atoms with Gasteiger partial charge in [0.1, 0.15) is 0 Å². The molecule has 84 valence electrons. The lowest BCUT2D eigenvalue weighted by Crippen LogP contribution is -2.30. The Hall–Kier alpha value is -0.900. The van der Waals surface area contributed by atoms with Crippen molar-refractivity contribution in [2.45, 2.75) is 25.6 Å². The van der Waals surface area contributed by atoms with Crippen molar-refractivity contribution in [2.75, 3.05) is 13.1 Å². The first-order chi connectivity index (χ1) is 7.33. The molecule has 0 unspecified atom stereocenters. The Balaban J connectivity index is 0.000000151. The monoisotopic (exact) mass is 209 g/mol. The molecule has 2 rings (SSSR count). The van der Waals surface area contributed by atoms with Gasteiger partial charge in [0.15, 0.2) is 0 Å². The summed E-state index contributed by atoms with van der Waals surface area (Å²) in [4.78, 5) is 0. The topological polar surface area (TPSA) is 52.5 Å². The molecule has 3 nitrogen and oxygen atoms in total. The minimum Gasteiger partial charge on any atom is -0.393 e. The molecular formula is C12H19NO2. The average Bonchev–Trinajstić information content (AvgIpc) is 2.32. The van der Waals surface area contributed by atoms with Gasteiger partial charge < -0.3 is 15.5 Å². The zero-order valence-electron chi connectivity index (χ0n) is 8.89. The summed E-state index contributed by atoms with van der Waals surface area (Å²) in [5, 5.41) is 20.6. The van der Waals surface area contributed by atoms with Gasteiger partial charge in [0, 0.05) is 0 Å². The average molecular weight is 209 g/mol. The highest BCUT2D eigenvalue weighted by atomic mass is 16.3. The van der Waals surface area contributed by atoms with Crippen LogP contribution >= 0.6 is 0 Å². The molecule has 0 amide bonds. The Kier molecular flexibility index (Phi) is 6.00. The highest BCUT2D eigenvalue weighted by molar-refractivity contribution is 5.12. The molecule has 0 atom stereocenters. The molecular weight excluding hydrogens is 190 g/mol. The molecule has 1 fully saturated rings. The van der Waals surface area contributed by atoms with E-state index in [9.17, 15) is 0 Å². The van der Waals surface area contributed by atoms with Gasteiger partial charge in [0.2, 0.25) is 0 Å². The summed E-state index contributed by atoms with van der Waals surface area (Å²) in [6.07, 6.45) is 1.83. The van der Waals surface area contributed by atoms with Crippen LogP contribution in [0, 0.1) is 0 Å². The first-order valence-corrected chi connectivity index (χ1v) is 5.36. The van der Waals surface area contributed by atoms with Crippen molar-refractivity contribution in [2.24, 2.45) is 0 Å². The SMILES string of the molecule is OC1CCNCC1.OCc1ccccc1. The Bertz CT molecular complexity index is 245. The summed E-state index contributed by atoms with van der Waals surface area (Å²) in [6.45, 7) is 2.11. The first kappa shape index (κ1) is 12.2. The normalized spacial score (nSPS) is 16.7. The third kappa shape index (κ3) is 5.52. The van der Waals surface area contributed by atoms with Gasteiger partial charge in [-0.25, -0.2) is 0 Å². The first-order valence-electron chi connectivity index (χ1n) is 5.36. The number of hydrogen-bond donors (Lipinski definition) is 3. The largest absolute Gasteiger partial charge is 0.393 e. The molecule has 0 bridgehead atoms. The van der Waals surface area contributed by atoms with E-state index >= 15 is 0 Å².